The third kappa shape index (κ3) is 3.66. The van der Waals surface area contributed by atoms with Gasteiger partial charge in [-0.3, -0.25) is 0 Å². The van der Waals surface area contributed by atoms with E-state index in [2.05, 4.69) is 5.32 Å². The Labute approximate surface area is 133 Å². The number of aliphatic hydroxyl groups is 6. The molecule has 0 aliphatic carbocycles. The lowest BCUT2D eigenvalue weighted by molar-refractivity contribution is -0.345. The third-order valence-corrected chi connectivity index (χ3v) is 4.32. The van der Waals surface area contributed by atoms with Gasteiger partial charge < -0.3 is 50.2 Å². The van der Waals surface area contributed by atoms with E-state index in [0.717, 1.165) is 0 Å². The molecular weight excluding hydrogens is 314 g/mol. The Hall–Kier alpha value is -0.400. The molecule has 2 aliphatic rings. The summed E-state index contributed by atoms with van der Waals surface area (Å²) in [6, 6.07) is -0.515. The molecule has 2 heterocycles. The zero-order valence-corrected chi connectivity index (χ0v) is 12.9. The summed E-state index contributed by atoms with van der Waals surface area (Å²) in [5, 5.41) is 61.4. The van der Waals surface area contributed by atoms with Crippen molar-refractivity contribution in [2.75, 3.05) is 13.7 Å². The highest BCUT2D eigenvalue weighted by atomic mass is 16.7. The van der Waals surface area contributed by atoms with Crippen LogP contribution in [0.5, 0.6) is 0 Å². The standard InChI is InChI=1S/C13H25NO9/c1-4-6(14-2)7(16)10(19)13(21-4)23-11-5(3-15)22-12(20)9(18)8(11)17/h4-20H,3H2,1-2H3/t4-,5-,6-,7+,8-,9-,10-,11-,12+,13-/m1/s1. The van der Waals surface area contributed by atoms with Crippen LogP contribution in [0.15, 0.2) is 0 Å². The fourth-order valence-corrected chi connectivity index (χ4v) is 2.94. The summed E-state index contributed by atoms with van der Waals surface area (Å²) in [5.41, 5.74) is 0. The van der Waals surface area contributed by atoms with E-state index in [9.17, 15) is 30.6 Å². The number of likely N-dealkylation sites (N-methyl/N-ethyl adjacent to an activating group) is 1. The largest absolute Gasteiger partial charge is 0.394 e. The number of rotatable bonds is 4. The van der Waals surface area contributed by atoms with Gasteiger partial charge in [-0.2, -0.15) is 0 Å². The van der Waals surface area contributed by atoms with Crippen LogP contribution in [0.4, 0.5) is 0 Å². The molecule has 10 heteroatoms. The van der Waals surface area contributed by atoms with Gasteiger partial charge in [0.2, 0.25) is 0 Å². The molecule has 7 N–H and O–H groups in total. The van der Waals surface area contributed by atoms with Crippen LogP contribution in [0.2, 0.25) is 0 Å². The number of ether oxygens (including phenoxy) is 3. The van der Waals surface area contributed by atoms with Crippen molar-refractivity contribution in [1.29, 1.82) is 0 Å². The molecule has 2 rings (SSSR count). The Morgan fingerprint density at radius 1 is 0.957 bits per heavy atom. The Morgan fingerprint density at radius 2 is 1.61 bits per heavy atom. The second-order valence-electron chi connectivity index (χ2n) is 5.83. The zero-order valence-electron chi connectivity index (χ0n) is 12.9. The summed E-state index contributed by atoms with van der Waals surface area (Å²) in [6.45, 7) is 1.08. The summed E-state index contributed by atoms with van der Waals surface area (Å²) in [4.78, 5) is 0. The lowest BCUT2D eigenvalue weighted by Crippen LogP contribution is -2.65. The first-order valence-electron chi connectivity index (χ1n) is 7.46. The molecular formula is C13H25NO9. The quantitative estimate of drug-likeness (QED) is 0.268. The summed E-state index contributed by atoms with van der Waals surface area (Å²) < 4.78 is 15.9. The van der Waals surface area contributed by atoms with Gasteiger partial charge >= 0.3 is 0 Å². The topological polar surface area (TPSA) is 161 Å². The minimum Gasteiger partial charge on any atom is -0.394 e. The van der Waals surface area contributed by atoms with Crippen molar-refractivity contribution in [3.05, 3.63) is 0 Å². The summed E-state index contributed by atoms with van der Waals surface area (Å²) in [6.07, 6.45) is -11.7. The van der Waals surface area contributed by atoms with Crippen LogP contribution in [-0.4, -0.2) is 106 Å². The Balaban J connectivity index is 2.10. The Bertz CT molecular complexity index is 384. The molecule has 136 valence electrons. The van der Waals surface area contributed by atoms with Gasteiger partial charge in [-0.25, -0.2) is 0 Å². The zero-order chi connectivity index (χ0) is 17.3. The van der Waals surface area contributed by atoms with Gasteiger partial charge in [-0.15, -0.1) is 0 Å². The highest BCUT2D eigenvalue weighted by molar-refractivity contribution is 4.94. The van der Waals surface area contributed by atoms with Crippen LogP contribution in [0.1, 0.15) is 6.92 Å². The molecule has 0 aromatic carbocycles. The van der Waals surface area contributed by atoms with Crippen molar-refractivity contribution in [1.82, 2.24) is 5.32 Å². The molecule has 0 amide bonds. The summed E-state index contributed by atoms with van der Waals surface area (Å²) >= 11 is 0. The van der Waals surface area contributed by atoms with E-state index < -0.39 is 68.0 Å². The van der Waals surface area contributed by atoms with E-state index in [-0.39, 0.29) is 0 Å². The van der Waals surface area contributed by atoms with Crippen molar-refractivity contribution >= 4 is 0 Å². The number of hydrogen-bond acceptors (Lipinski definition) is 10. The Kier molecular flexibility index (Phi) is 6.30. The molecule has 0 radical (unpaired) electrons. The number of aliphatic hydroxyl groups excluding tert-OH is 6. The normalized spacial score (nSPS) is 51.7. The van der Waals surface area contributed by atoms with Gasteiger partial charge in [0.15, 0.2) is 12.6 Å². The molecule has 2 aliphatic heterocycles. The molecule has 0 spiro atoms. The predicted octanol–water partition coefficient (Wildman–Crippen LogP) is -4.14. The van der Waals surface area contributed by atoms with Crippen LogP contribution in [0, 0.1) is 0 Å². The first kappa shape index (κ1) is 18.9. The molecule has 0 unspecified atom stereocenters. The highest BCUT2D eigenvalue weighted by Gasteiger charge is 2.49. The Morgan fingerprint density at radius 3 is 2.17 bits per heavy atom. The number of hydrogen-bond donors (Lipinski definition) is 7. The van der Waals surface area contributed by atoms with Crippen molar-refractivity contribution < 1.29 is 44.8 Å². The van der Waals surface area contributed by atoms with Gasteiger partial charge in [0.25, 0.3) is 0 Å². The first-order chi connectivity index (χ1) is 10.8. The van der Waals surface area contributed by atoms with Gasteiger partial charge in [0.1, 0.15) is 36.6 Å². The van der Waals surface area contributed by atoms with Crippen LogP contribution < -0.4 is 5.32 Å². The average molecular weight is 339 g/mol. The number of nitrogens with one attached hydrogen (secondary N) is 1. The monoisotopic (exact) mass is 339 g/mol. The van der Waals surface area contributed by atoms with Gasteiger partial charge in [0, 0.05) is 0 Å². The van der Waals surface area contributed by atoms with E-state index in [1.165, 1.54) is 0 Å². The van der Waals surface area contributed by atoms with E-state index in [0.29, 0.717) is 0 Å². The van der Waals surface area contributed by atoms with E-state index in [1.54, 1.807) is 14.0 Å². The lowest BCUT2D eigenvalue weighted by Gasteiger charge is -2.45. The molecule has 23 heavy (non-hydrogen) atoms. The highest BCUT2D eigenvalue weighted by Crippen LogP contribution is 2.28. The third-order valence-electron chi connectivity index (χ3n) is 4.32. The van der Waals surface area contributed by atoms with Crippen LogP contribution in [-0.2, 0) is 14.2 Å². The SMILES string of the molecule is CN[C@H]1[C@H](O)[C@@H](O)[C@@H](O[C@H]2[C@H](O)[C@@H](O)[C@@H](O)O[C@@H]2CO)O[C@@H]1C. The van der Waals surface area contributed by atoms with Crippen LogP contribution >= 0.6 is 0 Å². The van der Waals surface area contributed by atoms with E-state index >= 15 is 0 Å². The van der Waals surface area contributed by atoms with Crippen molar-refractivity contribution in [3.63, 3.8) is 0 Å². The molecule has 0 aromatic rings. The average Bonchev–Trinajstić information content (AvgIpc) is 2.52. The summed E-state index contributed by atoms with van der Waals surface area (Å²) in [5.74, 6) is 0. The second kappa shape index (κ2) is 7.66. The smallest absolute Gasteiger partial charge is 0.187 e. The molecule has 0 saturated carbocycles. The van der Waals surface area contributed by atoms with Crippen molar-refractivity contribution in [3.8, 4) is 0 Å². The predicted molar refractivity (Wildman–Crippen MR) is 74.0 cm³/mol. The van der Waals surface area contributed by atoms with Gasteiger partial charge in [0.05, 0.1) is 18.8 Å². The van der Waals surface area contributed by atoms with Crippen molar-refractivity contribution in [2.24, 2.45) is 0 Å². The summed E-state index contributed by atoms with van der Waals surface area (Å²) in [7, 11) is 1.61. The lowest BCUT2D eigenvalue weighted by atomic mass is 9.96. The maximum Gasteiger partial charge on any atom is 0.187 e. The minimum absolute atomic E-state index is 0.506. The fraction of sp³-hybridized carbons (Fsp3) is 1.00. The molecule has 0 bridgehead atoms. The molecule has 0 aromatic heterocycles. The fourth-order valence-electron chi connectivity index (χ4n) is 2.94. The molecule has 10 atom stereocenters. The molecule has 2 fully saturated rings. The van der Waals surface area contributed by atoms with E-state index in [1.807, 2.05) is 0 Å². The molecule has 2 saturated heterocycles. The van der Waals surface area contributed by atoms with Gasteiger partial charge in [-0.1, -0.05) is 0 Å². The second-order valence-corrected chi connectivity index (χ2v) is 5.83. The molecule has 10 nitrogen and oxygen atoms in total. The maximum absolute atomic E-state index is 10.1. The minimum atomic E-state index is -1.67. The van der Waals surface area contributed by atoms with E-state index in [4.69, 9.17) is 14.2 Å². The van der Waals surface area contributed by atoms with Gasteiger partial charge in [-0.05, 0) is 14.0 Å². The van der Waals surface area contributed by atoms with Crippen molar-refractivity contribution in [2.45, 2.75) is 68.3 Å². The van der Waals surface area contributed by atoms with Crippen LogP contribution in [0.3, 0.4) is 0 Å². The first-order valence-corrected chi connectivity index (χ1v) is 7.46. The van der Waals surface area contributed by atoms with Crippen LogP contribution in [0.25, 0.3) is 0 Å². The maximum atomic E-state index is 10.1.